The Morgan fingerprint density at radius 2 is 2.00 bits per heavy atom. The lowest BCUT2D eigenvalue weighted by Crippen LogP contribution is -2.02. The van der Waals surface area contributed by atoms with Crippen molar-refractivity contribution in [1.29, 1.82) is 5.26 Å². The van der Waals surface area contributed by atoms with Crippen LogP contribution in [0.3, 0.4) is 0 Å². The monoisotopic (exact) mass is 187 g/mol. The Hall–Kier alpha value is -2.49. The van der Waals surface area contributed by atoms with Crippen molar-refractivity contribution in [2.75, 3.05) is 11.5 Å². The van der Waals surface area contributed by atoms with Gasteiger partial charge in [0.05, 0.1) is 6.20 Å². The highest BCUT2D eigenvalue weighted by molar-refractivity contribution is 5.72. The fourth-order valence-corrected chi connectivity index (χ4v) is 0.968. The fourth-order valence-electron chi connectivity index (χ4n) is 0.968. The van der Waals surface area contributed by atoms with E-state index in [2.05, 4.69) is 19.9 Å². The topological polar surface area (TPSA) is 127 Å². The van der Waals surface area contributed by atoms with Crippen molar-refractivity contribution in [2.45, 2.75) is 0 Å². The number of aromatic nitrogens is 4. The minimum absolute atomic E-state index is 0.0399. The highest BCUT2D eigenvalue weighted by atomic mass is 15.1. The fraction of sp³-hybridized carbons (Fsp3) is 0. The van der Waals surface area contributed by atoms with Gasteiger partial charge < -0.3 is 11.5 Å². The first-order chi connectivity index (χ1) is 6.70. The highest BCUT2D eigenvalue weighted by Gasteiger charge is 2.06. The third-order valence-corrected chi connectivity index (χ3v) is 1.58. The van der Waals surface area contributed by atoms with E-state index >= 15 is 0 Å². The summed E-state index contributed by atoms with van der Waals surface area (Å²) in [4.78, 5) is 15.3. The van der Waals surface area contributed by atoms with Crippen LogP contribution >= 0.6 is 0 Å². The molecule has 0 saturated heterocycles. The van der Waals surface area contributed by atoms with Gasteiger partial charge in [-0.25, -0.2) is 15.0 Å². The van der Waals surface area contributed by atoms with Crippen molar-refractivity contribution in [3.63, 3.8) is 0 Å². The van der Waals surface area contributed by atoms with Gasteiger partial charge in [-0.05, 0) is 0 Å². The summed E-state index contributed by atoms with van der Waals surface area (Å²) in [6.45, 7) is 0. The number of anilines is 2. The molecular formula is C7H5N7. The molecule has 0 aliphatic carbocycles. The van der Waals surface area contributed by atoms with Gasteiger partial charge >= 0.3 is 0 Å². The quantitative estimate of drug-likeness (QED) is 0.566. The molecule has 2 aromatic heterocycles. The smallest absolute Gasteiger partial charge is 0.222 e. The van der Waals surface area contributed by atoms with E-state index in [4.69, 9.17) is 16.7 Å². The van der Waals surface area contributed by atoms with Gasteiger partial charge in [-0.3, -0.25) is 0 Å². The minimum atomic E-state index is 0.0399. The van der Waals surface area contributed by atoms with Crippen LogP contribution in [0.4, 0.5) is 11.8 Å². The summed E-state index contributed by atoms with van der Waals surface area (Å²) in [5.41, 5.74) is 11.5. The van der Waals surface area contributed by atoms with Crippen LogP contribution in [0, 0.1) is 11.3 Å². The molecule has 0 unspecified atom stereocenters. The first kappa shape index (κ1) is 8.12. The average Bonchev–Trinajstić information content (AvgIpc) is 2.16. The lowest BCUT2D eigenvalue weighted by Gasteiger charge is -1.99. The van der Waals surface area contributed by atoms with E-state index in [1.54, 1.807) is 0 Å². The van der Waals surface area contributed by atoms with Crippen molar-refractivity contribution < 1.29 is 0 Å². The predicted molar refractivity (Wildman–Crippen MR) is 48.7 cm³/mol. The molecule has 0 aliphatic rings. The van der Waals surface area contributed by atoms with Crippen LogP contribution < -0.4 is 11.5 Å². The Morgan fingerprint density at radius 3 is 2.71 bits per heavy atom. The largest absolute Gasteiger partial charge is 0.381 e. The third kappa shape index (κ3) is 1.15. The molecule has 0 aliphatic heterocycles. The standard InChI is InChI=1S/C7H5N7/c8-1-3-5(9)13-6-4(12-3)2-11-7(10)14-6/h2H,(H4,9,10,11,13,14). The van der Waals surface area contributed by atoms with Gasteiger partial charge in [0.15, 0.2) is 17.2 Å². The second-order valence-electron chi connectivity index (χ2n) is 2.51. The molecule has 2 rings (SSSR count). The Labute approximate surface area is 78.4 Å². The number of nitrogen functional groups attached to an aromatic ring is 2. The van der Waals surface area contributed by atoms with Gasteiger partial charge in [0, 0.05) is 0 Å². The molecule has 0 spiro atoms. The van der Waals surface area contributed by atoms with Crippen molar-refractivity contribution >= 4 is 22.9 Å². The number of nitrogens with zero attached hydrogens (tertiary/aromatic N) is 5. The van der Waals surface area contributed by atoms with Gasteiger partial charge in [0.25, 0.3) is 0 Å². The zero-order chi connectivity index (χ0) is 10.1. The zero-order valence-electron chi connectivity index (χ0n) is 6.97. The Balaban J connectivity index is 2.81. The van der Waals surface area contributed by atoms with Gasteiger partial charge in [0.1, 0.15) is 11.6 Å². The molecule has 4 N–H and O–H groups in total. The molecule has 0 fully saturated rings. The molecule has 2 aromatic rings. The number of hydrogen-bond donors (Lipinski definition) is 2. The lowest BCUT2D eigenvalue weighted by atomic mass is 10.4. The third-order valence-electron chi connectivity index (χ3n) is 1.58. The molecule has 0 aromatic carbocycles. The number of nitrogens with two attached hydrogens (primary N) is 2. The zero-order valence-corrected chi connectivity index (χ0v) is 6.97. The van der Waals surface area contributed by atoms with E-state index in [1.807, 2.05) is 6.07 Å². The van der Waals surface area contributed by atoms with Crippen molar-refractivity contribution in [2.24, 2.45) is 0 Å². The van der Waals surface area contributed by atoms with E-state index in [1.165, 1.54) is 6.20 Å². The van der Waals surface area contributed by atoms with Crippen molar-refractivity contribution in [3.8, 4) is 6.07 Å². The SMILES string of the molecule is N#Cc1nc2cnc(N)nc2nc1N. The van der Waals surface area contributed by atoms with Crippen LogP contribution in [-0.4, -0.2) is 19.9 Å². The molecule has 7 nitrogen and oxygen atoms in total. The van der Waals surface area contributed by atoms with Gasteiger partial charge in [-0.2, -0.15) is 10.2 Å². The molecule has 7 heteroatoms. The molecule has 0 radical (unpaired) electrons. The summed E-state index contributed by atoms with van der Waals surface area (Å²) >= 11 is 0. The molecule has 68 valence electrons. The Bertz CT molecular complexity index is 541. The van der Waals surface area contributed by atoms with Crippen LogP contribution in [0.2, 0.25) is 0 Å². The van der Waals surface area contributed by atoms with E-state index in [0.29, 0.717) is 5.52 Å². The minimum Gasteiger partial charge on any atom is -0.381 e. The summed E-state index contributed by atoms with van der Waals surface area (Å²) in [6.07, 6.45) is 1.39. The number of nitriles is 1. The summed E-state index contributed by atoms with van der Waals surface area (Å²) < 4.78 is 0. The highest BCUT2D eigenvalue weighted by Crippen LogP contribution is 2.11. The maximum absolute atomic E-state index is 8.63. The van der Waals surface area contributed by atoms with Gasteiger partial charge in [-0.1, -0.05) is 0 Å². The molecule has 14 heavy (non-hydrogen) atoms. The van der Waals surface area contributed by atoms with E-state index in [0.717, 1.165) is 0 Å². The number of fused-ring (bicyclic) bond motifs is 1. The van der Waals surface area contributed by atoms with Crippen LogP contribution in [0.1, 0.15) is 5.69 Å². The molecule has 0 bridgehead atoms. The Morgan fingerprint density at radius 1 is 1.21 bits per heavy atom. The maximum atomic E-state index is 8.63. The first-order valence-corrected chi connectivity index (χ1v) is 3.66. The molecule has 0 saturated carbocycles. The molecule has 0 amide bonds. The van der Waals surface area contributed by atoms with Crippen molar-refractivity contribution in [3.05, 3.63) is 11.9 Å². The number of rotatable bonds is 0. The number of hydrogen-bond acceptors (Lipinski definition) is 7. The van der Waals surface area contributed by atoms with Gasteiger partial charge in [0.2, 0.25) is 5.95 Å². The summed E-state index contributed by atoms with van der Waals surface area (Å²) in [5, 5.41) is 8.63. The molecule has 2 heterocycles. The van der Waals surface area contributed by atoms with E-state index in [9.17, 15) is 0 Å². The first-order valence-electron chi connectivity index (χ1n) is 3.66. The van der Waals surface area contributed by atoms with E-state index in [-0.39, 0.29) is 23.1 Å². The van der Waals surface area contributed by atoms with Crippen LogP contribution in [0.15, 0.2) is 6.20 Å². The maximum Gasteiger partial charge on any atom is 0.222 e. The normalized spacial score (nSPS) is 9.93. The molecular weight excluding hydrogens is 182 g/mol. The predicted octanol–water partition coefficient (Wildman–Crippen LogP) is -0.544. The molecule has 0 atom stereocenters. The lowest BCUT2D eigenvalue weighted by molar-refractivity contribution is 1.15. The second kappa shape index (κ2) is 2.77. The second-order valence-corrected chi connectivity index (χ2v) is 2.51. The van der Waals surface area contributed by atoms with Crippen LogP contribution in [0.25, 0.3) is 11.2 Å². The van der Waals surface area contributed by atoms with E-state index < -0.39 is 0 Å². The van der Waals surface area contributed by atoms with Crippen molar-refractivity contribution in [1.82, 2.24) is 19.9 Å². The summed E-state index contributed by atoms with van der Waals surface area (Å²) in [5.74, 6) is 0.133. The summed E-state index contributed by atoms with van der Waals surface area (Å²) in [7, 11) is 0. The summed E-state index contributed by atoms with van der Waals surface area (Å²) in [6, 6.07) is 1.82. The van der Waals surface area contributed by atoms with Crippen LogP contribution in [0.5, 0.6) is 0 Å². The average molecular weight is 187 g/mol. The Kier molecular flexibility index (Phi) is 1.61. The van der Waals surface area contributed by atoms with Gasteiger partial charge in [-0.15, -0.1) is 0 Å². The van der Waals surface area contributed by atoms with Crippen LogP contribution in [-0.2, 0) is 0 Å².